The highest BCUT2D eigenvalue weighted by atomic mass is 79.9. The van der Waals surface area contributed by atoms with Gasteiger partial charge < -0.3 is 10.2 Å². The number of anilines is 1. The van der Waals surface area contributed by atoms with E-state index in [1.54, 1.807) is 49.4 Å². The second kappa shape index (κ2) is 12.8. The van der Waals surface area contributed by atoms with Crippen molar-refractivity contribution in [3.05, 3.63) is 62.5 Å². The summed E-state index contributed by atoms with van der Waals surface area (Å²) in [5, 5.41) is 3.61. The van der Waals surface area contributed by atoms with E-state index >= 15 is 0 Å². The lowest BCUT2D eigenvalue weighted by Gasteiger charge is -2.32. The predicted molar refractivity (Wildman–Crippen MR) is 141 cm³/mol. The fourth-order valence-electron chi connectivity index (χ4n) is 3.20. The maximum absolute atomic E-state index is 13.5. The third-order valence-electron chi connectivity index (χ3n) is 5.15. The molecule has 0 bridgehead atoms. The number of para-hydroxylation sites is 1. The molecule has 2 rings (SSSR count). The third-order valence-corrected chi connectivity index (χ3v) is 7.54. The highest BCUT2D eigenvalue weighted by Gasteiger charge is 2.31. The minimum Gasteiger partial charge on any atom is -0.354 e. The molecule has 0 fully saturated rings. The van der Waals surface area contributed by atoms with Crippen LogP contribution in [-0.4, -0.2) is 50.5 Å². The summed E-state index contributed by atoms with van der Waals surface area (Å²) < 4.78 is 26.7. The molecule has 0 heterocycles. The second-order valence-electron chi connectivity index (χ2n) is 7.80. The summed E-state index contributed by atoms with van der Waals surface area (Å²) in [6.07, 6.45) is 2.74. The Morgan fingerprint density at radius 2 is 1.82 bits per heavy atom. The lowest BCUT2D eigenvalue weighted by atomic mass is 10.1. The summed E-state index contributed by atoms with van der Waals surface area (Å²) in [4.78, 5) is 27.6. The molecule has 0 aliphatic heterocycles. The summed E-state index contributed by atoms with van der Waals surface area (Å²) in [5.41, 5.74) is 0.905. The van der Waals surface area contributed by atoms with E-state index in [0.717, 1.165) is 23.4 Å². The molecule has 11 heteroatoms. The van der Waals surface area contributed by atoms with Gasteiger partial charge >= 0.3 is 0 Å². The van der Waals surface area contributed by atoms with Crippen LogP contribution in [0.1, 0.15) is 32.3 Å². The molecule has 0 saturated heterocycles. The summed E-state index contributed by atoms with van der Waals surface area (Å²) in [6.45, 7) is 3.61. The number of nitrogens with zero attached hydrogens (tertiary/aromatic N) is 2. The van der Waals surface area contributed by atoms with Crippen molar-refractivity contribution in [1.82, 2.24) is 10.2 Å². The number of nitrogens with one attached hydrogen (secondary N) is 1. The van der Waals surface area contributed by atoms with Crippen LogP contribution in [0.3, 0.4) is 0 Å². The number of carbonyl (C=O) groups excluding carboxylic acids is 2. The van der Waals surface area contributed by atoms with Gasteiger partial charge in [0.25, 0.3) is 0 Å². The Bertz CT molecular complexity index is 1130. The molecule has 1 atom stereocenters. The molecule has 34 heavy (non-hydrogen) atoms. The highest BCUT2D eigenvalue weighted by Crippen LogP contribution is 2.28. The minimum atomic E-state index is -3.81. The van der Waals surface area contributed by atoms with Crippen LogP contribution in [0.4, 0.5) is 5.69 Å². The number of halogens is 3. The molecule has 0 spiro atoms. The van der Waals surface area contributed by atoms with E-state index in [4.69, 9.17) is 23.2 Å². The Labute approximate surface area is 219 Å². The number of sulfonamides is 1. The van der Waals surface area contributed by atoms with Gasteiger partial charge in [0.2, 0.25) is 21.8 Å². The molecule has 2 aromatic rings. The second-order valence-corrected chi connectivity index (χ2v) is 11.4. The molecule has 2 aromatic carbocycles. The topological polar surface area (TPSA) is 86.8 Å². The molecular weight excluding hydrogens is 565 g/mol. The van der Waals surface area contributed by atoms with Crippen LogP contribution in [0.2, 0.25) is 10.0 Å². The number of amides is 2. The molecule has 7 nitrogen and oxygen atoms in total. The van der Waals surface area contributed by atoms with Crippen molar-refractivity contribution < 1.29 is 18.0 Å². The van der Waals surface area contributed by atoms with Crippen molar-refractivity contribution in [2.24, 2.45) is 0 Å². The van der Waals surface area contributed by atoms with Crippen LogP contribution in [0.5, 0.6) is 0 Å². The fourth-order valence-corrected chi connectivity index (χ4v) is 5.15. The lowest BCUT2D eigenvalue weighted by Crippen LogP contribution is -2.51. The van der Waals surface area contributed by atoms with E-state index in [2.05, 4.69) is 21.2 Å². The average Bonchev–Trinajstić information content (AvgIpc) is 2.76. The fraction of sp³-hybridized carbons (Fsp3) is 0.391. The maximum Gasteiger partial charge on any atom is 0.244 e. The molecule has 2 amide bonds. The number of benzene rings is 2. The molecule has 0 aromatic heterocycles. The lowest BCUT2D eigenvalue weighted by molar-refractivity contribution is -0.139. The van der Waals surface area contributed by atoms with Crippen molar-refractivity contribution >= 4 is 66.7 Å². The van der Waals surface area contributed by atoms with Gasteiger partial charge in [0.05, 0.1) is 11.9 Å². The third kappa shape index (κ3) is 7.86. The average molecular weight is 593 g/mol. The first-order chi connectivity index (χ1) is 16.0. The first-order valence-corrected chi connectivity index (χ1v) is 14.1. The van der Waals surface area contributed by atoms with Gasteiger partial charge in [0.1, 0.15) is 12.6 Å². The van der Waals surface area contributed by atoms with Crippen molar-refractivity contribution in [2.45, 2.75) is 39.3 Å². The molecule has 0 aliphatic carbocycles. The van der Waals surface area contributed by atoms with Crippen molar-refractivity contribution in [2.75, 3.05) is 23.7 Å². The molecule has 186 valence electrons. The summed E-state index contributed by atoms with van der Waals surface area (Å²) in [5.74, 6) is -0.885. The van der Waals surface area contributed by atoms with Gasteiger partial charge in [0.15, 0.2) is 0 Å². The Morgan fingerprint density at radius 3 is 2.41 bits per heavy atom. The summed E-state index contributed by atoms with van der Waals surface area (Å²) in [7, 11) is -3.81. The van der Waals surface area contributed by atoms with Gasteiger partial charge in [-0.1, -0.05) is 54.7 Å². The quantitative estimate of drug-likeness (QED) is 0.378. The van der Waals surface area contributed by atoms with Crippen LogP contribution in [0.25, 0.3) is 0 Å². The minimum absolute atomic E-state index is 0.00472. The van der Waals surface area contributed by atoms with E-state index in [1.165, 1.54) is 4.90 Å². The molecule has 0 saturated carbocycles. The van der Waals surface area contributed by atoms with Crippen molar-refractivity contribution in [3.63, 3.8) is 0 Å². The Kier molecular flexibility index (Phi) is 10.7. The zero-order chi connectivity index (χ0) is 25.5. The van der Waals surface area contributed by atoms with Crippen LogP contribution in [-0.2, 0) is 26.2 Å². The maximum atomic E-state index is 13.5. The van der Waals surface area contributed by atoms with Crippen molar-refractivity contribution in [1.29, 1.82) is 0 Å². The van der Waals surface area contributed by atoms with E-state index in [0.29, 0.717) is 32.3 Å². The van der Waals surface area contributed by atoms with Gasteiger partial charge in [-0.3, -0.25) is 13.9 Å². The zero-order valence-electron chi connectivity index (χ0n) is 19.2. The van der Waals surface area contributed by atoms with E-state index in [-0.39, 0.29) is 12.5 Å². The van der Waals surface area contributed by atoms with Gasteiger partial charge in [-0.25, -0.2) is 8.42 Å². The first-order valence-electron chi connectivity index (χ1n) is 10.7. The standard InChI is InChI=1S/C23H28BrCl2N3O4S/c1-4-5-12-27-23(31)16(2)28(14-17-10-11-18(25)13-20(17)26)22(30)15-29(34(3,32)33)21-9-7-6-8-19(21)24/h6-11,13,16H,4-5,12,14-15H2,1-3H3,(H,27,31). The van der Waals surface area contributed by atoms with Crippen LogP contribution < -0.4 is 9.62 Å². The summed E-state index contributed by atoms with van der Waals surface area (Å²) >= 11 is 15.7. The molecule has 0 aliphatic rings. The molecule has 0 radical (unpaired) electrons. The van der Waals surface area contributed by atoms with Crippen LogP contribution in [0.15, 0.2) is 46.9 Å². The number of rotatable bonds is 11. The number of hydrogen-bond acceptors (Lipinski definition) is 4. The predicted octanol–water partition coefficient (Wildman–Crippen LogP) is 4.86. The first kappa shape index (κ1) is 28.4. The van der Waals surface area contributed by atoms with Gasteiger partial charge in [-0.15, -0.1) is 0 Å². The van der Waals surface area contributed by atoms with E-state index in [1.807, 2.05) is 6.92 Å². The van der Waals surface area contributed by atoms with Gasteiger partial charge in [-0.05, 0) is 59.1 Å². The van der Waals surface area contributed by atoms with Gasteiger partial charge in [0, 0.05) is 27.6 Å². The Balaban J connectivity index is 2.40. The Hall–Kier alpha value is -1.81. The molecule has 1 unspecified atom stereocenters. The molecular formula is C23H28BrCl2N3O4S. The van der Waals surface area contributed by atoms with E-state index in [9.17, 15) is 18.0 Å². The zero-order valence-corrected chi connectivity index (χ0v) is 23.1. The normalized spacial score (nSPS) is 12.2. The monoisotopic (exact) mass is 591 g/mol. The highest BCUT2D eigenvalue weighted by molar-refractivity contribution is 9.10. The number of carbonyl (C=O) groups is 2. The van der Waals surface area contributed by atoms with Crippen LogP contribution >= 0.6 is 39.1 Å². The van der Waals surface area contributed by atoms with E-state index < -0.39 is 28.5 Å². The molecule has 1 N–H and O–H groups in total. The summed E-state index contributed by atoms with van der Waals surface area (Å²) in [6, 6.07) is 10.7. The largest absolute Gasteiger partial charge is 0.354 e. The number of unbranched alkanes of at least 4 members (excludes halogenated alkanes) is 1. The smallest absolute Gasteiger partial charge is 0.244 e. The van der Waals surface area contributed by atoms with Crippen molar-refractivity contribution in [3.8, 4) is 0 Å². The number of hydrogen-bond donors (Lipinski definition) is 1. The van der Waals surface area contributed by atoms with Crippen LogP contribution in [0, 0.1) is 0 Å². The SMILES string of the molecule is CCCCNC(=O)C(C)N(Cc1ccc(Cl)cc1Cl)C(=O)CN(c1ccccc1Br)S(C)(=O)=O. The Morgan fingerprint density at radius 1 is 1.15 bits per heavy atom. The van der Waals surface area contributed by atoms with Gasteiger partial charge in [-0.2, -0.15) is 0 Å².